The molecule has 2 nitrogen and oxygen atoms in total. The summed E-state index contributed by atoms with van der Waals surface area (Å²) in [6, 6.07) is 4.45. The highest BCUT2D eigenvalue weighted by atomic mass is 35.5. The minimum absolute atomic E-state index is 0.0145. The first kappa shape index (κ1) is 11.2. The Labute approximate surface area is 86.8 Å². The molecule has 4 heteroatoms. The van der Waals surface area contributed by atoms with Gasteiger partial charge in [-0.25, -0.2) is 14.2 Å². The molecule has 0 radical (unpaired) electrons. The van der Waals surface area contributed by atoms with Crippen LogP contribution in [-0.2, 0) is 16.4 Å². The van der Waals surface area contributed by atoms with Crippen molar-refractivity contribution in [2.75, 3.05) is 6.61 Å². The zero-order valence-electron chi connectivity index (χ0n) is 7.50. The number of rotatable bonds is 5. The van der Waals surface area contributed by atoms with Crippen LogP contribution in [-0.4, -0.2) is 6.61 Å². The number of halogens is 2. The minimum Gasteiger partial charge on any atom is -0.232 e. The van der Waals surface area contributed by atoms with E-state index < -0.39 is 5.82 Å². The van der Waals surface area contributed by atoms with Crippen molar-refractivity contribution >= 4 is 11.6 Å². The first-order valence-electron chi connectivity index (χ1n) is 4.04. The van der Waals surface area contributed by atoms with Crippen LogP contribution in [0.2, 0.25) is 5.02 Å². The lowest BCUT2D eigenvalue weighted by Gasteiger charge is -2.05. The van der Waals surface area contributed by atoms with Gasteiger partial charge in [0.25, 0.3) is 0 Å². The fourth-order valence-electron chi connectivity index (χ4n) is 0.867. The maximum Gasteiger partial charge on any atom is 0.130 e. The van der Waals surface area contributed by atoms with Gasteiger partial charge in [-0.3, -0.25) is 0 Å². The monoisotopic (exact) mass is 216 g/mol. The molecule has 1 rings (SSSR count). The largest absolute Gasteiger partial charge is 0.232 e. The topological polar surface area (TPSA) is 18.5 Å². The molecule has 0 aliphatic rings. The standard InChI is InChI=1S/C10H10ClFO2/c1-2-6-13-14-7-8-9(11)4-3-5-10(8)12/h2-5H,1,6-7H2. The molecule has 0 saturated carbocycles. The van der Waals surface area contributed by atoms with Crippen LogP contribution in [0.3, 0.4) is 0 Å². The van der Waals surface area contributed by atoms with Gasteiger partial charge in [-0.05, 0) is 12.1 Å². The molecule has 0 unspecified atom stereocenters. The number of hydrogen-bond donors (Lipinski definition) is 0. The average Bonchev–Trinajstić information content (AvgIpc) is 2.16. The van der Waals surface area contributed by atoms with Crippen molar-refractivity contribution in [3.05, 3.63) is 47.3 Å². The molecule has 0 N–H and O–H groups in total. The van der Waals surface area contributed by atoms with Gasteiger partial charge in [-0.1, -0.05) is 23.7 Å². The summed E-state index contributed by atoms with van der Waals surface area (Å²) in [7, 11) is 0. The molecule has 0 spiro atoms. The summed E-state index contributed by atoms with van der Waals surface area (Å²) in [6.07, 6.45) is 1.53. The summed E-state index contributed by atoms with van der Waals surface area (Å²) in [5, 5.41) is 0.326. The second-order valence-electron chi connectivity index (χ2n) is 2.54. The highest BCUT2D eigenvalue weighted by molar-refractivity contribution is 6.31. The van der Waals surface area contributed by atoms with Crippen LogP contribution in [0.1, 0.15) is 5.56 Å². The van der Waals surface area contributed by atoms with Gasteiger partial charge in [0.1, 0.15) is 19.0 Å². The molecule has 0 bridgehead atoms. The molecule has 0 amide bonds. The molecular formula is C10H10ClFO2. The quantitative estimate of drug-likeness (QED) is 0.326. The van der Waals surface area contributed by atoms with Crippen LogP contribution in [0.5, 0.6) is 0 Å². The van der Waals surface area contributed by atoms with Crippen LogP contribution >= 0.6 is 11.6 Å². The maximum atomic E-state index is 13.1. The van der Waals surface area contributed by atoms with Gasteiger partial charge in [-0.2, -0.15) is 0 Å². The molecule has 0 atom stereocenters. The van der Waals surface area contributed by atoms with Crippen LogP contribution in [0.15, 0.2) is 30.9 Å². The van der Waals surface area contributed by atoms with E-state index >= 15 is 0 Å². The summed E-state index contributed by atoms with van der Waals surface area (Å²) < 4.78 is 13.1. The van der Waals surface area contributed by atoms with Crippen molar-refractivity contribution < 1.29 is 14.2 Å². The van der Waals surface area contributed by atoms with Crippen molar-refractivity contribution in [1.29, 1.82) is 0 Å². The van der Waals surface area contributed by atoms with Gasteiger partial charge >= 0.3 is 0 Å². The number of hydrogen-bond acceptors (Lipinski definition) is 2. The first-order valence-corrected chi connectivity index (χ1v) is 4.41. The van der Waals surface area contributed by atoms with Crippen LogP contribution in [0.4, 0.5) is 4.39 Å². The maximum absolute atomic E-state index is 13.1. The van der Waals surface area contributed by atoms with Crippen LogP contribution in [0.25, 0.3) is 0 Å². The molecule has 14 heavy (non-hydrogen) atoms. The highest BCUT2D eigenvalue weighted by Gasteiger charge is 2.06. The third-order valence-corrected chi connectivity index (χ3v) is 1.89. The Morgan fingerprint density at radius 2 is 2.21 bits per heavy atom. The van der Waals surface area contributed by atoms with Gasteiger partial charge in [-0.15, -0.1) is 6.58 Å². The van der Waals surface area contributed by atoms with Crippen molar-refractivity contribution in [2.24, 2.45) is 0 Å². The fraction of sp³-hybridized carbons (Fsp3) is 0.200. The second kappa shape index (κ2) is 5.75. The Hall–Kier alpha value is -0.900. The lowest BCUT2D eigenvalue weighted by Crippen LogP contribution is -1.98. The van der Waals surface area contributed by atoms with E-state index in [4.69, 9.17) is 16.5 Å². The van der Waals surface area contributed by atoms with E-state index in [0.717, 1.165) is 0 Å². The predicted octanol–water partition coefficient (Wildman–Crippen LogP) is 3.11. The van der Waals surface area contributed by atoms with Crippen molar-refractivity contribution in [2.45, 2.75) is 6.61 Å². The normalized spacial score (nSPS) is 10.1. The molecule has 0 fully saturated rings. The molecule has 1 aromatic carbocycles. The second-order valence-corrected chi connectivity index (χ2v) is 2.94. The van der Waals surface area contributed by atoms with E-state index in [0.29, 0.717) is 10.6 Å². The summed E-state index contributed by atoms with van der Waals surface area (Å²) in [6.45, 7) is 3.68. The number of benzene rings is 1. The van der Waals surface area contributed by atoms with E-state index in [1.54, 1.807) is 6.07 Å². The van der Waals surface area contributed by atoms with Gasteiger partial charge in [0.2, 0.25) is 0 Å². The summed E-state index contributed by atoms with van der Waals surface area (Å²) >= 11 is 5.75. The molecular weight excluding hydrogens is 207 g/mol. The van der Waals surface area contributed by atoms with E-state index in [-0.39, 0.29) is 13.2 Å². The zero-order valence-corrected chi connectivity index (χ0v) is 8.26. The minimum atomic E-state index is -0.403. The third-order valence-electron chi connectivity index (χ3n) is 1.53. The first-order chi connectivity index (χ1) is 6.75. The van der Waals surface area contributed by atoms with E-state index in [2.05, 4.69) is 11.5 Å². The molecule has 1 aromatic rings. The van der Waals surface area contributed by atoms with Gasteiger partial charge < -0.3 is 0 Å². The lowest BCUT2D eigenvalue weighted by atomic mass is 10.2. The predicted molar refractivity (Wildman–Crippen MR) is 52.3 cm³/mol. The molecule has 0 aliphatic carbocycles. The Bertz CT molecular complexity index is 295. The van der Waals surface area contributed by atoms with Crippen LogP contribution < -0.4 is 0 Å². The highest BCUT2D eigenvalue weighted by Crippen LogP contribution is 2.19. The Morgan fingerprint density at radius 1 is 1.43 bits per heavy atom. The molecule has 0 saturated heterocycles. The van der Waals surface area contributed by atoms with Gasteiger partial charge in [0.05, 0.1) is 0 Å². The van der Waals surface area contributed by atoms with Gasteiger partial charge in [0.15, 0.2) is 0 Å². The summed E-state index contributed by atoms with van der Waals surface area (Å²) in [4.78, 5) is 9.38. The van der Waals surface area contributed by atoms with E-state index in [1.807, 2.05) is 0 Å². The SMILES string of the molecule is C=CCOOCc1c(F)cccc1Cl. The molecule has 0 heterocycles. The molecule has 0 aliphatic heterocycles. The third kappa shape index (κ3) is 3.10. The summed E-state index contributed by atoms with van der Waals surface area (Å²) in [5.41, 5.74) is 0.290. The zero-order chi connectivity index (χ0) is 10.4. The van der Waals surface area contributed by atoms with E-state index in [9.17, 15) is 4.39 Å². The smallest absolute Gasteiger partial charge is 0.130 e. The Morgan fingerprint density at radius 3 is 2.86 bits per heavy atom. The summed E-state index contributed by atoms with van der Waals surface area (Å²) in [5.74, 6) is -0.403. The average molecular weight is 217 g/mol. The Balaban J connectivity index is 2.53. The van der Waals surface area contributed by atoms with Crippen molar-refractivity contribution in [3.8, 4) is 0 Å². The van der Waals surface area contributed by atoms with Gasteiger partial charge in [0, 0.05) is 10.6 Å². The van der Waals surface area contributed by atoms with E-state index in [1.165, 1.54) is 18.2 Å². The van der Waals surface area contributed by atoms with Crippen molar-refractivity contribution in [3.63, 3.8) is 0 Å². The van der Waals surface area contributed by atoms with Crippen LogP contribution in [0, 0.1) is 5.82 Å². The molecule has 76 valence electrons. The lowest BCUT2D eigenvalue weighted by molar-refractivity contribution is -0.296. The van der Waals surface area contributed by atoms with Crippen molar-refractivity contribution in [1.82, 2.24) is 0 Å². The molecule has 0 aromatic heterocycles. The fourth-order valence-corrected chi connectivity index (χ4v) is 1.08. The Kier molecular flexibility index (Phi) is 4.59.